The van der Waals surface area contributed by atoms with E-state index in [4.69, 9.17) is 25.4 Å². The van der Waals surface area contributed by atoms with Crippen molar-refractivity contribution in [3.8, 4) is 0 Å². The first-order chi connectivity index (χ1) is 22.7. The van der Waals surface area contributed by atoms with Crippen LogP contribution in [0.5, 0.6) is 0 Å². The van der Waals surface area contributed by atoms with Gasteiger partial charge in [-0.3, -0.25) is 19.4 Å². The standard InChI is InChI=1S/C33H43N7O8/c1-20-15-28(42)47-26-16-22(12-13-23(20)26)38-30(44)24(11-8-14-36-31(34)35)39-27(41)17-37-29(43)25(40-32(45)48-33(2,3)4)19-46-18-21-9-6-5-7-10-21/h5-7,9-10,12-13,15-16,24-25H,8,11,14,17-19H2,1-4H3,(H,37,43)(H,38,44)(H,39,41)(H,40,45)(H4,34,35,36)/t24-,25-/m0/s1. The first-order valence-corrected chi connectivity index (χ1v) is 15.3. The van der Waals surface area contributed by atoms with Gasteiger partial charge in [-0.05, 0) is 63.8 Å². The van der Waals surface area contributed by atoms with Crippen LogP contribution in [0.2, 0.25) is 0 Å². The second kappa shape index (κ2) is 17.5. The van der Waals surface area contributed by atoms with E-state index in [2.05, 4.69) is 26.3 Å². The van der Waals surface area contributed by atoms with Gasteiger partial charge in [-0.15, -0.1) is 0 Å². The van der Waals surface area contributed by atoms with Gasteiger partial charge in [0.2, 0.25) is 17.7 Å². The van der Waals surface area contributed by atoms with Crippen molar-refractivity contribution in [2.75, 3.05) is 25.0 Å². The van der Waals surface area contributed by atoms with E-state index in [0.717, 1.165) is 11.1 Å². The lowest BCUT2D eigenvalue weighted by Gasteiger charge is -2.23. The number of hydrogen-bond donors (Lipinski definition) is 6. The van der Waals surface area contributed by atoms with Crippen molar-refractivity contribution in [1.82, 2.24) is 16.0 Å². The van der Waals surface area contributed by atoms with E-state index in [9.17, 15) is 24.0 Å². The first kappa shape index (κ1) is 37.0. The van der Waals surface area contributed by atoms with Crippen molar-refractivity contribution in [2.45, 2.75) is 64.8 Å². The minimum atomic E-state index is -1.19. The van der Waals surface area contributed by atoms with Crippen LogP contribution in [0, 0.1) is 6.92 Å². The van der Waals surface area contributed by atoms with Crippen LogP contribution < -0.4 is 38.4 Å². The summed E-state index contributed by atoms with van der Waals surface area (Å²) in [7, 11) is 0. The number of carbonyl (C=O) groups is 4. The lowest BCUT2D eigenvalue weighted by molar-refractivity contribution is -0.129. The fourth-order valence-corrected chi connectivity index (χ4v) is 4.44. The summed E-state index contributed by atoms with van der Waals surface area (Å²) in [6.07, 6.45) is -0.342. The monoisotopic (exact) mass is 665 g/mol. The molecule has 1 heterocycles. The lowest BCUT2D eigenvalue weighted by atomic mass is 10.1. The van der Waals surface area contributed by atoms with Gasteiger partial charge >= 0.3 is 11.7 Å². The molecule has 4 amide bonds. The molecule has 3 aromatic rings. The van der Waals surface area contributed by atoms with E-state index in [1.54, 1.807) is 39.8 Å². The Labute approximate surface area is 277 Å². The molecule has 0 saturated heterocycles. The summed E-state index contributed by atoms with van der Waals surface area (Å²) >= 11 is 0. The SMILES string of the molecule is Cc1cc(=O)oc2cc(NC(=O)[C@H](CCCN=C(N)N)NC(=O)CNC(=O)[C@H](COCc3ccccc3)NC(=O)OC(C)(C)C)ccc12. The van der Waals surface area contributed by atoms with Gasteiger partial charge in [0.1, 0.15) is 23.3 Å². The van der Waals surface area contributed by atoms with Gasteiger partial charge in [-0.1, -0.05) is 30.3 Å². The Balaban J connectivity index is 1.66. The Morgan fingerprint density at radius 2 is 1.69 bits per heavy atom. The summed E-state index contributed by atoms with van der Waals surface area (Å²) in [6, 6.07) is 13.2. The molecule has 0 spiro atoms. The van der Waals surface area contributed by atoms with Crippen LogP contribution in [-0.4, -0.2) is 67.2 Å². The summed E-state index contributed by atoms with van der Waals surface area (Å²) in [5.41, 5.74) is 11.7. The van der Waals surface area contributed by atoms with E-state index in [0.29, 0.717) is 17.5 Å². The summed E-state index contributed by atoms with van der Waals surface area (Å²) in [4.78, 5) is 67.6. The van der Waals surface area contributed by atoms with Crippen LogP contribution in [0.25, 0.3) is 11.0 Å². The third-order valence-corrected chi connectivity index (χ3v) is 6.64. The van der Waals surface area contributed by atoms with Gasteiger partial charge in [0.25, 0.3) is 0 Å². The number of nitrogens with two attached hydrogens (primary N) is 2. The van der Waals surface area contributed by atoms with Crippen molar-refractivity contribution < 1.29 is 33.1 Å². The highest BCUT2D eigenvalue weighted by molar-refractivity contribution is 5.99. The Morgan fingerprint density at radius 3 is 2.38 bits per heavy atom. The van der Waals surface area contributed by atoms with E-state index >= 15 is 0 Å². The van der Waals surface area contributed by atoms with E-state index in [1.165, 1.54) is 12.1 Å². The smallest absolute Gasteiger partial charge is 0.408 e. The highest BCUT2D eigenvalue weighted by Crippen LogP contribution is 2.21. The number of amides is 4. The molecule has 2 aromatic carbocycles. The van der Waals surface area contributed by atoms with E-state index in [1.807, 2.05) is 30.3 Å². The largest absolute Gasteiger partial charge is 0.444 e. The number of nitrogens with one attached hydrogen (secondary N) is 4. The number of ether oxygens (including phenoxy) is 2. The van der Waals surface area contributed by atoms with Crippen LogP contribution in [0.3, 0.4) is 0 Å². The van der Waals surface area contributed by atoms with Crippen LogP contribution in [0.15, 0.2) is 68.8 Å². The molecule has 0 aliphatic carbocycles. The highest BCUT2D eigenvalue weighted by Gasteiger charge is 2.26. The number of alkyl carbamates (subject to hydrolysis) is 1. The van der Waals surface area contributed by atoms with Crippen molar-refractivity contribution >= 4 is 46.4 Å². The molecule has 0 radical (unpaired) electrons. The lowest BCUT2D eigenvalue weighted by Crippen LogP contribution is -2.53. The predicted octanol–water partition coefficient (Wildman–Crippen LogP) is 1.80. The molecule has 258 valence electrons. The summed E-state index contributed by atoms with van der Waals surface area (Å²) in [6.45, 7) is 6.49. The number of aryl methyl sites for hydroxylation is 1. The Hall–Kier alpha value is -5.44. The number of benzene rings is 2. The van der Waals surface area contributed by atoms with Gasteiger partial charge in [-0.25, -0.2) is 9.59 Å². The number of anilines is 1. The molecule has 2 atom stereocenters. The minimum absolute atomic E-state index is 0.113. The normalized spacial score (nSPS) is 12.3. The second-order valence-corrected chi connectivity index (χ2v) is 11.9. The summed E-state index contributed by atoms with van der Waals surface area (Å²) in [5, 5.41) is 11.0. The fourth-order valence-electron chi connectivity index (χ4n) is 4.44. The number of nitrogens with zero attached hydrogens (tertiary/aromatic N) is 1. The molecule has 8 N–H and O–H groups in total. The summed E-state index contributed by atoms with van der Waals surface area (Å²) < 4.78 is 16.2. The molecule has 15 nitrogen and oxygen atoms in total. The number of fused-ring (bicyclic) bond motifs is 1. The molecule has 15 heteroatoms. The average molecular weight is 666 g/mol. The third kappa shape index (κ3) is 12.7. The summed E-state index contributed by atoms with van der Waals surface area (Å²) in [5.74, 6) is -2.05. The molecule has 0 aliphatic heterocycles. The maximum absolute atomic E-state index is 13.3. The number of carbonyl (C=O) groups excluding carboxylic acids is 4. The van der Waals surface area contributed by atoms with Crippen LogP contribution in [-0.2, 0) is 30.5 Å². The molecule has 0 aliphatic rings. The molecule has 48 heavy (non-hydrogen) atoms. The van der Waals surface area contributed by atoms with Crippen molar-refractivity contribution in [1.29, 1.82) is 0 Å². The number of hydrogen-bond acceptors (Lipinski definition) is 9. The number of rotatable bonds is 15. The van der Waals surface area contributed by atoms with Gasteiger partial charge in [0.15, 0.2) is 5.96 Å². The van der Waals surface area contributed by atoms with Crippen LogP contribution in [0.1, 0.15) is 44.7 Å². The zero-order valence-electron chi connectivity index (χ0n) is 27.5. The third-order valence-electron chi connectivity index (χ3n) is 6.64. The zero-order valence-corrected chi connectivity index (χ0v) is 27.5. The van der Waals surface area contributed by atoms with E-state index < -0.39 is 53.7 Å². The molecule has 0 fully saturated rings. The molecule has 0 bridgehead atoms. The van der Waals surface area contributed by atoms with Crippen molar-refractivity contribution in [3.05, 3.63) is 76.1 Å². The van der Waals surface area contributed by atoms with E-state index in [-0.39, 0.29) is 37.7 Å². The van der Waals surface area contributed by atoms with Crippen LogP contribution >= 0.6 is 0 Å². The highest BCUT2D eigenvalue weighted by atomic mass is 16.6. The van der Waals surface area contributed by atoms with Gasteiger partial charge < -0.3 is 46.6 Å². The number of guanidine groups is 1. The molecular weight excluding hydrogens is 622 g/mol. The Bertz CT molecular complexity index is 1660. The number of aliphatic imine (C=N–C) groups is 1. The quantitative estimate of drug-likeness (QED) is 0.0597. The van der Waals surface area contributed by atoms with Crippen molar-refractivity contribution in [2.24, 2.45) is 16.5 Å². The molecule has 0 unspecified atom stereocenters. The fraction of sp³-hybridized carbons (Fsp3) is 0.394. The topological polar surface area (TPSA) is 229 Å². The van der Waals surface area contributed by atoms with Gasteiger partial charge in [0.05, 0.1) is 19.8 Å². The molecule has 0 saturated carbocycles. The predicted molar refractivity (Wildman–Crippen MR) is 180 cm³/mol. The van der Waals surface area contributed by atoms with Crippen LogP contribution in [0.4, 0.5) is 10.5 Å². The zero-order chi connectivity index (χ0) is 35.3. The maximum Gasteiger partial charge on any atom is 0.408 e. The molecule has 1 aromatic heterocycles. The second-order valence-electron chi connectivity index (χ2n) is 11.9. The average Bonchev–Trinajstić information content (AvgIpc) is 3.00. The molecular formula is C33H43N7O8. The molecule has 3 rings (SSSR count). The minimum Gasteiger partial charge on any atom is -0.444 e. The van der Waals surface area contributed by atoms with Gasteiger partial charge in [0, 0.05) is 29.8 Å². The van der Waals surface area contributed by atoms with Crippen molar-refractivity contribution in [3.63, 3.8) is 0 Å². The Kier molecular flexibility index (Phi) is 13.5. The first-order valence-electron chi connectivity index (χ1n) is 15.3. The van der Waals surface area contributed by atoms with Gasteiger partial charge in [-0.2, -0.15) is 0 Å². The Morgan fingerprint density at radius 1 is 0.958 bits per heavy atom. The maximum atomic E-state index is 13.3.